The van der Waals surface area contributed by atoms with E-state index in [1.54, 1.807) is 0 Å². The molecule has 0 unspecified atom stereocenters. The minimum absolute atomic E-state index is 0.412. The van der Waals surface area contributed by atoms with E-state index in [1.165, 1.54) is 4.43 Å². The molecule has 0 bridgehead atoms. The Balaban J connectivity index is 2.18. The van der Waals surface area contributed by atoms with Gasteiger partial charge in [0.15, 0.2) is 0 Å². The van der Waals surface area contributed by atoms with Crippen LogP contribution in [0.4, 0.5) is 0 Å². The maximum atomic E-state index is 5.13. The van der Waals surface area contributed by atoms with Crippen molar-refractivity contribution in [3.8, 4) is 0 Å². The van der Waals surface area contributed by atoms with Crippen LogP contribution in [0.25, 0.3) is 0 Å². The Labute approximate surface area is 45.5 Å². The van der Waals surface area contributed by atoms with Crippen LogP contribution in [-0.2, 0) is 4.74 Å². The van der Waals surface area contributed by atoms with Gasteiger partial charge in [0.1, 0.15) is 0 Å². The van der Waals surface area contributed by atoms with Crippen LogP contribution in [0.2, 0.25) is 0 Å². The molecule has 1 aliphatic heterocycles. The Morgan fingerprint density at radius 2 is 2.50 bits per heavy atom. The van der Waals surface area contributed by atoms with Crippen molar-refractivity contribution in [2.45, 2.75) is 0 Å². The van der Waals surface area contributed by atoms with Crippen molar-refractivity contribution in [2.24, 2.45) is 0 Å². The molecule has 1 heterocycles. The van der Waals surface area contributed by atoms with E-state index in [0.717, 1.165) is 11.2 Å². The van der Waals surface area contributed by atoms with Gasteiger partial charge in [0.2, 0.25) is 0 Å². The summed E-state index contributed by atoms with van der Waals surface area (Å²) in [4.78, 5) is 2.37. The number of ether oxygens (including phenoxy) is 1. The van der Waals surface area contributed by atoms with Gasteiger partial charge in [0, 0.05) is 0 Å². The van der Waals surface area contributed by atoms with Gasteiger partial charge in [-0.15, -0.1) is 0 Å². The molecule has 38 valence electrons. The van der Waals surface area contributed by atoms with Crippen LogP contribution in [0.5, 0.6) is 0 Å². The predicted octanol–water partition coefficient (Wildman–Crippen LogP) is 1.11. The van der Waals surface area contributed by atoms with E-state index in [1.807, 2.05) is 0 Å². The molecule has 1 nitrogen and oxygen atoms in total. The summed E-state index contributed by atoms with van der Waals surface area (Å²) in [7, 11) is 0. The van der Waals surface area contributed by atoms with E-state index >= 15 is 0 Å². The van der Waals surface area contributed by atoms with Gasteiger partial charge in [-0.2, -0.15) is 0 Å². The number of alkyl halides is 3. The third-order valence-corrected chi connectivity index (χ3v) is 4.59. The normalized spacial score (nSPS) is 28.5. The van der Waals surface area contributed by atoms with Crippen LogP contribution in [0, 0.1) is 0 Å². The fourth-order valence-corrected chi connectivity index (χ4v) is 2.86. The minimum atomic E-state index is -0.412. The van der Waals surface area contributed by atoms with Crippen LogP contribution in [0.3, 0.4) is 0 Å². The van der Waals surface area contributed by atoms with Gasteiger partial charge in [-0.3, -0.25) is 0 Å². The Morgan fingerprint density at radius 3 is 2.67 bits per heavy atom. The molecule has 1 fully saturated rings. The van der Waals surface area contributed by atoms with Gasteiger partial charge in [0.05, 0.1) is 0 Å². The summed E-state index contributed by atoms with van der Waals surface area (Å²) in [6, 6.07) is 0. The summed E-state index contributed by atoms with van der Waals surface area (Å²) in [5.74, 6) is 0. The van der Waals surface area contributed by atoms with Gasteiger partial charge in [0.25, 0.3) is 0 Å². The fourth-order valence-electron chi connectivity index (χ4n) is 0.427. The average molecular weight is 200 g/mol. The second kappa shape index (κ2) is 2.12. The molecule has 0 aliphatic carbocycles. The first kappa shape index (κ1) is 4.84. The van der Waals surface area contributed by atoms with Crippen molar-refractivity contribution in [1.29, 1.82) is 0 Å². The summed E-state index contributed by atoms with van der Waals surface area (Å²) in [6.07, 6.45) is 0. The van der Waals surface area contributed by atoms with E-state index in [0.29, 0.717) is 0 Å². The molecule has 0 aromatic carbocycles. The van der Waals surface area contributed by atoms with Crippen LogP contribution in [-0.4, -0.2) is 20.6 Å². The SMILES string of the molecule is CI1CCOC1. The van der Waals surface area contributed by atoms with Gasteiger partial charge in [-0.1, -0.05) is 0 Å². The first-order chi connectivity index (χ1) is 2.89. The first-order valence-corrected chi connectivity index (χ1v) is 7.20. The zero-order valence-electron chi connectivity index (χ0n) is 3.91. The standard InChI is InChI=1S/C4H9IO/c1-5-2-3-6-4-5/h2-4H2,1H3. The van der Waals surface area contributed by atoms with Crippen LogP contribution in [0.15, 0.2) is 0 Å². The molecule has 2 heteroatoms. The molecule has 0 spiro atoms. The van der Waals surface area contributed by atoms with Gasteiger partial charge >= 0.3 is 45.1 Å². The number of halogens is 1. The summed E-state index contributed by atoms with van der Waals surface area (Å²) < 4.78 is 7.69. The predicted molar refractivity (Wildman–Crippen MR) is 35.6 cm³/mol. The van der Waals surface area contributed by atoms with E-state index in [4.69, 9.17) is 4.74 Å². The van der Waals surface area contributed by atoms with E-state index in [2.05, 4.69) is 4.93 Å². The number of hydrogen-bond acceptors (Lipinski definition) is 1. The van der Waals surface area contributed by atoms with Crippen LogP contribution >= 0.6 is 19.8 Å². The number of rotatable bonds is 0. The average Bonchev–Trinajstić information content (AvgIpc) is 1.86. The molecule has 0 atom stereocenters. The summed E-state index contributed by atoms with van der Waals surface area (Å²) in [6.45, 7) is 1.06. The Bertz CT molecular complexity index is 40.8. The molecule has 1 saturated heterocycles. The fraction of sp³-hybridized carbons (Fsp3) is 1.00. The maximum absolute atomic E-state index is 5.13. The summed E-state index contributed by atoms with van der Waals surface area (Å²) in [5, 5.41) is 0. The van der Waals surface area contributed by atoms with Crippen molar-refractivity contribution < 1.29 is 4.74 Å². The number of hydrogen-bond donors (Lipinski definition) is 0. The quantitative estimate of drug-likeness (QED) is 0.420. The molecule has 6 heavy (non-hydrogen) atoms. The van der Waals surface area contributed by atoms with E-state index in [-0.39, 0.29) is 0 Å². The molecule has 0 N–H and O–H groups in total. The second-order valence-corrected chi connectivity index (χ2v) is 7.26. The third-order valence-electron chi connectivity index (χ3n) is 0.808. The van der Waals surface area contributed by atoms with Crippen LogP contribution in [0.1, 0.15) is 0 Å². The third kappa shape index (κ3) is 1.08. The Kier molecular flexibility index (Phi) is 1.71. The van der Waals surface area contributed by atoms with E-state index < -0.39 is 19.8 Å². The second-order valence-electron chi connectivity index (χ2n) is 1.43. The zero-order valence-corrected chi connectivity index (χ0v) is 6.07. The molecular formula is C4H9IO. The van der Waals surface area contributed by atoms with E-state index in [9.17, 15) is 0 Å². The Hall–Kier alpha value is 0.690. The first-order valence-electron chi connectivity index (χ1n) is 1.99. The van der Waals surface area contributed by atoms with Crippen molar-refractivity contribution in [3.05, 3.63) is 0 Å². The van der Waals surface area contributed by atoms with Crippen molar-refractivity contribution in [1.82, 2.24) is 0 Å². The molecular weight excluding hydrogens is 191 g/mol. The molecule has 0 aromatic heterocycles. The summed E-state index contributed by atoms with van der Waals surface area (Å²) >= 11 is -0.412. The van der Waals surface area contributed by atoms with Gasteiger partial charge in [-0.05, 0) is 0 Å². The molecule has 1 rings (SSSR count). The van der Waals surface area contributed by atoms with Crippen molar-refractivity contribution in [2.75, 3.05) is 20.6 Å². The Morgan fingerprint density at radius 1 is 1.67 bits per heavy atom. The molecule has 0 amide bonds. The van der Waals surface area contributed by atoms with Crippen molar-refractivity contribution >= 4 is 19.8 Å². The topological polar surface area (TPSA) is 9.23 Å². The molecule has 0 saturated carbocycles. The van der Waals surface area contributed by atoms with Crippen LogP contribution < -0.4 is 0 Å². The molecule has 0 aromatic rings. The van der Waals surface area contributed by atoms with Gasteiger partial charge in [-0.25, -0.2) is 0 Å². The summed E-state index contributed by atoms with van der Waals surface area (Å²) in [5.41, 5.74) is 0. The van der Waals surface area contributed by atoms with Crippen molar-refractivity contribution in [3.63, 3.8) is 0 Å². The monoisotopic (exact) mass is 200 g/mol. The molecule has 0 radical (unpaired) electrons. The molecule has 1 aliphatic rings. The zero-order chi connectivity index (χ0) is 4.41. The van der Waals surface area contributed by atoms with Gasteiger partial charge < -0.3 is 0 Å².